The van der Waals surface area contributed by atoms with Gasteiger partial charge in [-0.05, 0) is 24.3 Å². The van der Waals surface area contributed by atoms with E-state index in [9.17, 15) is 18.0 Å². The van der Waals surface area contributed by atoms with E-state index >= 15 is 0 Å². The molecular weight excluding hydrogens is 426 g/mol. The molecule has 166 valence electrons. The predicted octanol–water partition coefficient (Wildman–Crippen LogP) is 4.50. The molecule has 1 atom stereocenters. The monoisotopic (exact) mass is 451 g/mol. The highest BCUT2D eigenvalue weighted by Crippen LogP contribution is 2.25. The number of rotatable bonds is 9. The number of ketones is 1. The second-order valence-corrected chi connectivity index (χ2v) is 8.98. The second kappa shape index (κ2) is 10.3. The fraction of sp³-hybridized carbons (Fsp3) is 0.200. The lowest BCUT2D eigenvalue weighted by Gasteiger charge is -2.19. The first-order valence-electron chi connectivity index (χ1n) is 10.3. The van der Waals surface area contributed by atoms with E-state index in [1.165, 1.54) is 28.6 Å². The SMILES string of the molecule is CCN(CC)S(=O)(=O)c1ccc(C(=O)O[C@@H](C(=O)c2ccccc2)c2ccccc2)cc1. The number of carbonyl (C=O) groups is 2. The maximum atomic E-state index is 13.1. The number of sulfonamides is 1. The minimum absolute atomic E-state index is 0.0951. The maximum absolute atomic E-state index is 13.1. The van der Waals surface area contributed by atoms with Crippen LogP contribution in [0.3, 0.4) is 0 Å². The van der Waals surface area contributed by atoms with Crippen molar-refractivity contribution in [2.45, 2.75) is 24.8 Å². The van der Waals surface area contributed by atoms with Crippen LogP contribution in [-0.4, -0.2) is 37.6 Å². The van der Waals surface area contributed by atoms with Gasteiger partial charge in [-0.1, -0.05) is 74.5 Å². The Morgan fingerprint density at radius 3 is 1.84 bits per heavy atom. The molecule has 3 aromatic carbocycles. The van der Waals surface area contributed by atoms with Crippen LogP contribution in [0.4, 0.5) is 0 Å². The lowest BCUT2D eigenvalue weighted by atomic mass is 10.00. The third-order valence-corrected chi connectivity index (χ3v) is 7.12. The van der Waals surface area contributed by atoms with Crippen LogP contribution in [0.25, 0.3) is 0 Å². The average Bonchev–Trinajstić information content (AvgIpc) is 2.83. The average molecular weight is 452 g/mol. The van der Waals surface area contributed by atoms with Crippen molar-refractivity contribution >= 4 is 21.8 Å². The number of benzene rings is 3. The van der Waals surface area contributed by atoms with E-state index < -0.39 is 22.1 Å². The van der Waals surface area contributed by atoms with E-state index in [0.29, 0.717) is 24.2 Å². The summed E-state index contributed by atoms with van der Waals surface area (Å²) in [6, 6.07) is 22.9. The smallest absolute Gasteiger partial charge is 0.339 e. The lowest BCUT2D eigenvalue weighted by Crippen LogP contribution is -2.30. The molecule has 3 aromatic rings. The number of hydrogen-bond donors (Lipinski definition) is 0. The van der Waals surface area contributed by atoms with Crippen LogP contribution in [0.1, 0.15) is 46.2 Å². The Hall–Kier alpha value is -3.29. The van der Waals surface area contributed by atoms with E-state index in [2.05, 4.69) is 0 Å². The Bertz CT molecular complexity index is 1160. The molecule has 0 radical (unpaired) electrons. The summed E-state index contributed by atoms with van der Waals surface area (Å²) in [5.74, 6) is -1.05. The highest BCUT2D eigenvalue weighted by atomic mass is 32.2. The fourth-order valence-electron chi connectivity index (χ4n) is 3.31. The molecule has 0 aliphatic carbocycles. The molecule has 0 aromatic heterocycles. The van der Waals surface area contributed by atoms with Crippen molar-refractivity contribution in [1.82, 2.24) is 4.31 Å². The standard InChI is InChI=1S/C25H25NO5S/c1-3-26(4-2)32(29,30)22-17-15-21(16-18-22)25(28)31-24(20-13-9-6-10-14-20)23(27)19-11-7-5-8-12-19/h5-18,24H,3-4H2,1-2H3/t24-/m1/s1. The second-order valence-electron chi connectivity index (χ2n) is 7.04. The summed E-state index contributed by atoms with van der Waals surface area (Å²) < 4.78 is 32.2. The third-order valence-electron chi connectivity index (χ3n) is 5.06. The van der Waals surface area contributed by atoms with Gasteiger partial charge in [0.1, 0.15) is 0 Å². The zero-order valence-corrected chi connectivity index (χ0v) is 18.8. The molecular formula is C25H25NO5S. The molecule has 0 aliphatic rings. The molecule has 0 unspecified atom stereocenters. The van der Waals surface area contributed by atoms with Crippen LogP contribution in [0, 0.1) is 0 Å². The Labute approximate surface area is 188 Å². The largest absolute Gasteiger partial charge is 0.445 e. The Balaban J connectivity index is 1.86. The highest BCUT2D eigenvalue weighted by molar-refractivity contribution is 7.89. The van der Waals surface area contributed by atoms with Crippen LogP contribution in [-0.2, 0) is 14.8 Å². The topological polar surface area (TPSA) is 80.8 Å². The molecule has 32 heavy (non-hydrogen) atoms. The first kappa shape index (κ1) is 23.4. The Kier molecular flexibility index (Phi) is 7.56. The van der Waals surface area contributed by atoms with Crippen molar-refractivity contribution < 1.29 is 22.7 Å². The number of hydrogen-bond acceptors (Lipinski definition) is 5. The van der Waals surface area contributed by atoms with Crippen LogP contribution in [0.15, 0.2) is 89.8 Å². The molecule has 0 aliphatic heterocycles. The van der Waals surface area contributed by atoms with E-state index in [1.807, 2.05) is 6.07 Å². The Morgan fingerprint density at radius 2 is 1.31 bits per heavy atom. The van der Waals surface area contributed by atoms with Gasteiger partial charge in [0.25, 0.3) is 0 Å². The first-order valence-corrected chi connectivity index (χ1v) is 11.8. The molecule has 6 nitrogen and oxygen atoms in total. The molecule has 0 amide bonds. The van der Waals surface area contributed by atoms with E-state index in [0.717, 1.165) is 0 Å². The molecule has 0 saturated heterocycles. The number of carbonyl (C=O) groups excluding carboxylic acids is 2. The molecule has 7 heteroatoms. The van der Waals surface area contributed by atoms with Gasteiger partial charge in [-0.2, -0.15) is 4.31 Å². The number of nitrogens with zero attached hydrogens (tertiary/aromatic N) is 1. The molecule has 0 saturated carbocycles. The molecule has 3 rings (SSSR count). The summed E-state index contributed by atoms with van der Waals surface area (Å²) in [4.78, 5) is 26.0. The van der Waals surface area contributed by atoms with Crippen molar-refractivity contribution in [2.75, 3.05) is 13.1 Å². The van der Waals surface area contributed by atoms with Gasteiger partial charge in [0.15, 0.2) is 6.10 Å². The van der Waals surface area contributed by atoms with Crippen LogP contribution < -0.4 is 0 Å². The minimum atomic E-state index is -3.63. The summed E-state index contributed by atoms with van der Waals surface area (Å²) in [5.41, 5.74) is 1.13. The number of Topliss-reactive ketones (excluding diaryl/α,β-unsaturated/α-hetero) is 1. The number of ether oxygens (including phenoxy) is 1. The van der Waals surface area contributed by atoms with Gasteiger partial charge in [-0.15, -0.1) is 0 Å². The van der Waals surface area contributed by atoms with Gasteiger partial charge >= 0.3 is 5.97 Å². The van der Waals surface area contributed by atoms with Crippen molar-refractivity contribution in [1.29, 1.82) is 0 Å². The normalized spacial score (nSPS) is 12.3. The summed E-state index contributed by atoms with van der Waals surface area (Å²) in [5, 5.41) is 0. The Morgan fingerprint density at radius 1 is 0.781 bits per heavy atom. The first-order chi connectivity index (χ1) is 15.4. The third kappa shape index (κ3) is 5.12. The van der Waals surface area contributed by atoms with Gasteiger partial charge in [0.05, 0.1) is 10.5 Å². The van der Waals surface area contributed by atoms with Gasteiger partial charge < -0.3 is 4.74 Å². The van der Waals surface area contributed by atoms with Crippen molar-refractivity contribution in [3.05, 3.63) is 102 Å². The van der Waals surface area contributed by atoms with Gasteiger partial charge in [-0.3, -0.25) is 4.79 Å². The summed E-state index contributed by atoms with van der Waals surface area (Å²) in [6.07, 6.45) is -1.12. The van der Waals surface area contributed by atoms with Gasteiger partial charge in [-0.25, -0.2) is 13.2 Å². The van der Waals surface area contributed by atoms with Gasteiger partial charge in [0.2, 0.25) is 15.8 Å². The van der Waals surface area contributed by atoms with Crippen molar-refractivity contribution in [3.63, 3.8) is 0 Å². The fourth-order valence-corrected chi connectivity index (χ4v) is 4.76. The maximum Gasteiger partial charge on any atom is 0.339 e. The van der Waals surface area contributed by atoms with E-state index in [-0.39, 0.29) is 16.2 Å². The lowest BCUT2D eigenvalue weighted by molar-refractivity contribution is 0.0280. The predicted molar refractivity (Wildman–Crippen MR) is 122 cm³/mol. The van der Waals surface area contributed by atoms with Crippen LogP contribution in [0.2, 0.25) is 0 Å². The quantitative estimate of drug-likeness (QED) is 0.354. The molecule has 0 heterocycles. The van der Waals surface area contributed by atoms with Crippen molar-refractivity contribution in [2.24, 2.45) is 0 Å². The molecule has 0 bridgehead atoms. The van der Waals surface area contributed by atoms with E-state index in [4.69, 9.17) is 4.74 Å². The number of esters is 1. The van der Waals surface area contributed by atoms with Crippen LogP contribution >= 0.6 is 0 Å². The minimum Gasteiger partial charge on any atom is -0.445 e. The molecule has 0 spiro atoms. The molecule has 0 N–H and O–H groups in total. The summed E-state index contributed by atoms with van der Waals surface area (Å²) in [7, 11) is -3.63. The summed E-state index contributed by atoms with van der Waals surface area (Å²) >= 11 is 0. The zero-order valence-electron chi connectivity index (χ0n) is 18.0. The summed E-state index contributed by atoms with van der Waals surface area (Å²) in [6.45, 7) is 4.23. The molecule has 0 fully saturated rings. The highest BCUT2D eigenvalue weighted by Gasteiger charge is 2.27. The van der Waals surface area contributed by atoms with Gasteiger partial charge in [0, 0.05) is 24.2 Å². The van der Waals surface area contributed by atoms with Crippen molar-refractivity contribution in [3.8, 4) is 0 Å². The zero-order chi connectivity index (χ0) is 23.1. The van der Waals surface area contributed by atoms with Crippen LogP contribution in [0.5, 0.6) is 0 Å². The van der Waals surface area contributed by atoms with E-state index in [1.54, 1.807) is 68.4 Å².